The van der Waals surface area contributed by atoms with E-state index >= 15 is 0 Å². The van der Waals surface area contributed by atoms with Crippen molar-refractivity contribution in [3.63, 3.8) is 0 Å². The second-order valence-electron chi connectivity index (χ2n) is 6.85. The van der Waals surface area contributed by atoms with Crippen LogP contribution in [0.4, 0.5) is 0 Å². The van der Waals surface area contributed by atoms with Gasteiger partial charge in [-0.3, -0.25) is 9.48 Å². The van der Waals surface area contributed by atoms with Crippen LogP contribution in [0.15, 0.2) is 4.90 Å². The maximum atomic E-state index is 12.9. The molecule has 24 heavy (non-hydrogen) atoms. The molecule has 8 heteroatoms. The highest BCUT2D eigenvalue weighted by atomic mass is 32.2. The molecule has 0 aliphatic heterocycles. The average Bonchev–Trinajstić information content (AvgIpc) is 2.63. The minimum Gasteiger partial charge on any atom is -0.481 e. The number of rotatable bonds is 5. The molecule has 0 spiro atoms. The fraction of sp³-hybridized carbons (Fsp3) is 0.750. The van der Waals surface area contributed by atoms with Crippen molar-refractivity contribution in [2.75, 3.05) is 0 Å². The van der Waals surface area contributed by atoms with E-state index in [0.717, 1.165) is 19.3 Å². The van der Waals surface area contributed by atoms with Crippen LogP contribution < -0.4 is 4.72 Å². The van der Waals surface area contributed by atoms with Gasteiger partial charge in [0, 0.05) is 12.1 Å². The quantitative estimate of drug-likeness (QED) is 0.788. The van der Waals surface area contributed by atoms with Crippen molar-refractivity contribution in [2.45, 2.75) is 76.8 Å². The lowest BCUT2D eigenvalue weighted by molar-refractivity contribution is -0.142. The highest BCUT2D eigenvalue weighted by Crippen LogP contribution is 2.27. The summed E-state index contributed by atoms with van der Waals surface area (Å²) in [6, 6.07) is -0.520. The zero-order chi connectivity index (χ0) is 18.1. The number of aromatic nitrogens is 2. The van der Waals surface area contributed by atoms with Gasteiger partial charge in [0.05, 0.1) is 17.3 Å². The Balaban J connectivity index is 2.35. The fourth-order valence-electron chi connectivity index (χ4n) is 3.54. The summed E-state index contributed by atoms with van der Waals surface area (Å²) in [6.07, 6.45) is 3.64. The van der Waals surface area contributed by atoms with Gasteiger partial charge in [-0.2, -0.15) is 5.10 Å². The lowest BCUT2D eigenvalue weighted by Gasteiger charge is -2.22. The molecular formula is C16H27N3O4S. The Morgan fingerprint density at radius 2 is 1.88 bits per heavy atom. The van der Waals surface area contributed by atoms with Crippen LogP contribution in [0.2, 0.25) is 0 Å². The number of carbonyl (C=O) groups is 1. The molecule has 0 saturated heterocycles. The van der Waals surface area contributed by atoms with E-state index in [1.54, 1.807) is 18.5 Å². The standard InChI is InChI=1S/C16H27N3O4S/c1-10(2)19-12(4)15(11(3)17-19)24(22,23)18-14-9-7-5-6-8-13(14)16(20)21/h10,13-14,18H,5-9H2,1-4H3,(H,20,21)/t13-,14+/m0/s1. The third-order valence-corrected chi connectivity index (χ3v) is 6.40. The highest BCUT2D eigenvalue weighted by molar-refractivity contribution is 7.89. The number of nitrogens with zero attached hydrogens (tertiary/aromatic N) is 2. The van der Waals surface area contributed by atoms with E-state index in [1.165, 1.54) is 0 Å². The first-order chi connectivity index (χ1) is 11.1. The summed E-state index contributed by atoms with van der Waals surface area (Å²) < 4.78 is 30.1. The van der Waals surface area contributed by atoms with Crippen molar-refractivity contribution in [1.29, 1.82) is 0 Å². The van der Waals surface area contributed by atoms with Crippen LogP contribution in [0.3, 0.4) is 0 Å². The number of hydrogen-bond acceptors (Lipinski definition) is 4. The molecule has 2 rings (SSSR count). The Morgan fingerprint density at radius 3 is 2.42 bits per heavy atom. The summed E-state index contributed by atoms with van der Waals surface area (Å²) in [4.78, 5) is 11.7. The van der Waals surface area contributed by atoms with Gasteiger partial charge >= 0.3 is 5.97 Å². The molecule has 1 aromatic heterocycles. The fourth-order valence-corrected chi connectivity index (χ4v) is 5.25. The summed E-state index contributed by atoms with van der Waals surface area (Å²) in [5.74, 6) is -1.61. The lowest BCUT2D eigenvalue weighted by atomic mass is 9.96. The van der Waals surface area contributed by atoms with E-state index in [0.29, 0.717) is 24.2 Å². The summed E-state index contributed by atoms with van der Waals surface area (Å²) in [5, 5.41) is 13.8. The maximum absolute atomic E-state index is 12.9. The molecule has 1 saturated carbocycles. The van der Waals surface area contributed by atoms with Gasteiger partial charge in [0.25, 0.3) is 0 Å². The lowest BCUT2D eigenvalue weighted by Crippen LogP contribution is -2.43. The Bertz CT molecular complexity index is 709. The molecule has 0 unspecified atom stereocenters. The monoisotopic (exact) mass is 357 g/mol. The summed E-state index contributed by atoms with van der Waals surface area (Å²) in [6.45, 7) is 7.28. The van der Waals surface area contributed by atoms with Crippen molar-refractivity contribution in [1.82, 2.24) is 14.5 Å². The van der Waals surface area contributed by atoms with Crippen LogP contribution in [0.25, 0.3) is 0 Å². The van der Waals surface area contributed by atoms with Gasteiger partial charge in [-0.15, -0.1) is 0 Å². The first-order valence-corrected chi connectivity index (χ1v) is 9.94. The normalized spacial score (nSPS) is 22.5. The number of nitrogens with one attached hydrogen (secondary N) is 1. The molecular weight excluding hydrogens is 330 g/mol. The Labute approximate surface area is 143 Å². The molecule has 0 amide bonds. The van der Waals surface area contributed by atoms with E-state index in [9.17, 15) is 18.3 Å². The van der Waals surface area contributed by atoms with Gasteiger partial charge in [-0.05, 0) is 40.5 Å². The molecule has 7 nitrogen and oxygen atoms in total. The van der Waals surface area contributed by atoms with Crippen molar-refractivity contribution >= 4 is 16.0 Å². The van der Waals surface area contributed by atoms with Gasteiger partial charge in [0.2, 0.25) is 10.0 Å². The molecule has 136 valence electrons. The predicted molar refractivity (Wildman–Crippen MR) is 90.4 cm³/mol. The molecule has 0 radical (unpaired) electrons. The first-order valence-electron chi connectivity index (χ1n) is 8.46. The minimum absolute atomic E-state index is 0.0531. The molecule has 0 aromatic carbocycles. The van der Waals surface area contributed by atoms with Gasteiger partial charge in [-0.1, -0.05) is 19.3 Å². The highest BCUT2D eigenvalue weighted by Gasteiger charge is 2.35. The minimum atomic E-state index is -3.81. The van der Waals surface area contributed by atoms with Crippen LogP contribution in [0.1, 0.15) is 63.4 Å². The van der Waals surface area contributed by atoms with Crippen molar-refractivity contribution in [3.05, 3.63) is 11.4 Å². The topological polar surface area (TPSA) is 101 Å². The predicted octanol–water partition coefficient (Wildman–Crippen LogP) is 2.39. The van der Waals surface area contributed by atoms with Gasteiger partial charge in [0.1, 0.15) is 4.90 Å². The molecule has 1 heterocycles. The molecule has 1 fully saturated rings. The average molecular weight is 357 g/mol. The number of aliphatic carboxylic acids is 1. The second kappa shape index (κ2) is 7.23. The third-order valence-electron chi connectivity index (χ3n) is 4.66. The van der Waals surface area contributed by atoms with Gasteiger partial charge in [0.15, 0.2) is 0 Å². The molecule has 1 aromatic rings. The van der Waals surface area contributed by atoms with E-state index in [2.05, 4.69) is 9.82 Å². The van der Waals surface area contributed by atoms with Crippen LogP contribution in [-0.4, -0.2) is 35.3 Å². The largest absolute Gasteiger partial charge is 0.481 e. The Hall–Kier alpha value is -1.41. The van der Waals surface area contributed by atoms with Crippen LogP contribution in [0, 0.1) is 19.8 Å². The van der Waals surface area contributed by atoms with Crippen LogP contribution >= 0.6 is 0 Å². The SMILES string of the molecule is Cc1nn(C(C)C)c(C)c1S(=O)(=O)N[C@@H]1CCCCC[C@@H]1C(=O)O. The molecule has 1 aliphatic rings. The smallest absolute Gasteiger partial charge is 0.308 e. The molecule has 2 atom stereocenters. The second-order valence-corrected chi connectivity index (χ2v) is 8.50. The first kappa shape index (κ1) is 18.9. The van der Waals surface area contributed by atoms with Crippen LogP contribution in [0.5, 0.6) is 0 Å². The van der Waals surface area contributed by atoms with Crippen molar-refractivity contribution in [2.24, 2.45) is 5.92 Å². The van der Waals surface area contributed by atoms with Crippen LogP contribution in [-0.2, 0) is 14.8 Å². The number of carboxylic acid groups (broad SMARTS) is 1. The summed E-state index contributed by atoms with van der Waals surface area (Å²) >= 11 is 0. The van der Waals surface area contributed by atoms with E-state index in [4.69, 9.17) is 0 Å². The third kappa shape index (κ3) is 3.80. The number of aryl methyl sites for hydroxylation is 1. The zero-order valence-corrected chi connectivity index (χ0v) is 15.6. The zero-order valence-electron chi connectivity index (χ0n) is 14.7. The molecule has 2 N–H and O–H groups in total. The van der Waals surface area contributed by atoms with E-state index in [-0.39, 0.29) is 10.9 Å². The van der Waals surface area contributed by atoms with Crippen molar-refractivity contribution < 1.29 is 18.3 Å². The number of sulfonamides is 1. The van der Waals surface area contributed by atoms with Gasteiger partial charge < -0.3 is 5.11 Å². The Morgan fingerprint density at radius 1 is 1.25 bits per heavy atom. The summed E-state index contributed by atoms with van der Waals surface area (Å²) in [7, 11) is -3.81. The Kier molecular flexibility index (Phi) is 5.70. The van der Waals surface area contributed by atoms with Crippen molar-refractivity contribution in [3.8, 4) is 0 Å². The van der Waals surface area contributed by atoms with E-state index < -0.39 is 28.0 Å². The number of carboxylic acids is 1. The molecule has 0 bridgehead atoms. The number of hydrogen-bond donors (Lipinski definition) is 2. The van der Waals surface area contributed by atoms with Gasteiger partial charge in [-0.25, -0.2) is 13.1 Å². The van der Waals surface area contributed by atoms with E-state index in [1.807, 2.05) is 13.8 Å². The molecule has 1 aliphatic carbocycles. The maximum Gasteiger partial charge on any atom is 0.308 e. The summed E-state index contributed by atoms with van der Waals surface area (Å²) in [5.41, 5.74) is 1.02.